The molecule has 1 aromatic carbocycles. The maximum Gasteiger partial charge on any atom is 0.234 e. The van der Waals surface area contributed by atoms with Crippen molar-refractivity contribution in [1.29, 1.82) is 0 Å². The van der Waals surface area contributed by atoms with Crippen LogP contribution in [-0.2, 0) is 9.59 Å². The van der Waals surface area contributed by atoms with Gasteiger partial charge in [0, 0.05) is 6.04 Å². The van der Waals surface area contributed by atoms with Crippen molar-refractivity contribution in [3.8, 4) is 0 Å². The van der Waals surface area contributed by atoms with Crippen molar-refractivity contribution in [2.24, 2.45) is 5.92 Å². The molecule has 0 saturated heterocycles. The largest absolute Gasteiger partial charge is 0.353 e. The zero-order valence-electron chi connectivity index (χ0n) is 15.8. The second-order valence-electron chi connectivity index (χ2n) is 6.87. The lowest BCUT2D eigenvalue weighted by atomic mass is 9.96. The summed E-state index contributed by atoms with van der Waals surface area (Å²) in [7, 11) is 0. The highest BCUT2D eigenvalue weighted by molar-refractivity contribution is 5.81. The summed E-state index contributed by atoms with van der Waals surface area (Å²) >= 11 is 0. The summed E-state index contributed by atoms with van der Waals surface area (Å²) in [4.78, 5) is 26.1. The molecule has 1 rings (SSSR count). The number of benzene rings is 1. The normalized spacial score (nSPS) is 12.5. The maximum absolute atomic E-state index is 13.1. The van der Waals surface area contributed by atoms with Gasteiger partial charge in [0.1, 0.15) is 5.82 Å². The molecule has 140 valence electrons. The van der Waals surface area contributed by atoms with Crippen LogP contribution in [0.2, 0.25) is 0 Å². The molecule has 0 aliphatic carbocycles. The SMILES string of the molecule is CCN(CC(=O)NC(C)C)CC(=O)NC(c1ccc(F)cc1)C(C)C. The first-order valence-electron chi connectivity index (χ1n) is 8.79. The number of rotatable bonds is 9. The van der Waals surface area contributed by atoms with E-state index in [0.717, 1.165) is 5.56 Å². The minimum Gasteiger partial charge on any atom is -0.353 e. The molecular formula is C19H30FN3O2. The lowest BCUT2D eigenvalue weighted by Crippen LogP contribution is -2.45. The topological polar surface area (TPSA) is 61.4 Å². The molecule has 1 atom stereocenters. The fraction of sp³-hybridized carbons (Fsp3) is 0.579. The highest BCUT2D eigenvalue weighted by atomic mass is 19.1. The van der Waals surface area contributed by atoms with E-state index in [9.17, 15) is 14.0 Å². The number of nitrogens with zero attached hydrogens (tertiary/aromatic N) is 1. The number of carbonyl (C=O) groups is 2. The van der Waals surface area contributed by atoms with Gasteiger partial charge in [0.15, 0.2) is 0 Å². The molecule has 0 fully saturated rings. The summed E-state index contributed by atoms with van der Waals surface area (Å²) in [5, 5.41) is 5.82. The molecule has 0 saturated carbocycles. The molecular weight excluding hydrogens is 321 g/mol. The Labute approximate surface area is 150 Å². The average Bonchev–Trinajstić information content (AvgIpc) is 2.52. The van der Waals surface area contributed by atoms with E-state index in [1.165, 1.54) is 12.1 Å². The van der Waals surface area contributed by atoms with E-state index in [2.05, 4.69) is 10.6 Å². The third kappa shape index (κ3) is 7.65. The summed E-state index contributed by atoms with van der Waals surface area (Å²) in [5.41, 5.74) is 0.866. The summed E-state index contributed by atoms with van der Waals surface area (Å²) in [6.07, 6.45) is 0. The Morgan fingerprint density at radius 1 is 1.00 bits per heavy atom. The van der Waals surface area contributed by atoms with Crippen LogP contribution >= 0.6 is 0 Å². The van der Waals surface area contributed by atoms with Crippen LogP contribution in [0.25, 0.3) is 0 Å². The number of carbonyl (C=O) groups excluding carboxylic acids is 2. The first-order chi connectivity index (χ1) is 11.7. The van der Waals surface area contributed by atoms with E-state index in [1.54, 1.807) is 17.0 Å². The molecule has 0 bridgehead atoms. The van der Waals surface area contributed by atoms with E-state index in [0.29, 0.717) is 6.54 Å². The molecule has 5 nitrogen and oxygen atoms in total. The first-order valence-corrected chi connectivity index (χ1v) is 8.79. The summed E-state index contributed by atoms with van der Waals surface area (Å²) in [6.45, 7) is 10.6. The second kappa shape index (κ2) is 10.1. The van der Waals surface area contributed by atoms with Gasteiger partial charge in [-0.25, -0.2) is 4.39 Å². The highest BCUT2D eigenvalue weighted by Gasteiger charge is 2.20. The maximum atomic E-state index is 13.1. The smallest absolute Gasteiger partial charge is 0.234 e. The lowest BCUT2D eigenvalue weighted by molar-refractivity contribution is -0.125. The molecule has 1 aromatic rings. The van der Waals surface area contributed by atoms with E-state index in [4.69, 9.17) is 0 Å². The average molecular weight is 351 g/mol. The molecule has 6 heteroatoms. The Morgan fingerprint density at radius 3 is 1.96 bits per heavy atom. The van der Waals surface area contributed by atoms with Gasteiger partial charge in [0.05, 0.1) is 19.1 Å². The minimum atomic E-state index is -0.300. The second-order valence-corrected chi connectivity index (χ2v) is 6.87. The fourth-order valence-electron chi connectivity index (χ4n) is 2.58. The summed E-state index contributed by atoms with van der Waals surface area (Å²) in [6, 6.07) is 6.04. The zero-order valence-corrected chi connectivity index (χ0v) is 15.8. The zero-order chi connectivity index (χ0) is 19.0. The van der Waals surface area contributed by atoms with E-state index < -0.39 is 0 Å². The van der Waals surface area contributed by atoms with Gasteiger partial charge in [0.25, 0.3) is 0 Å². The van der Waals surface area contributed by atoms with Crippen LogP contribution in [0, 0.1) is 11.7 Å². The number of halogens is 1. The predicted molar refractivity (Wildman–Crippen MR) is 97.5 cm³/mol. The Kier molecular flexibility index (Phi) is 8.55. The Bertz CT molecular complexity index is 558. The molecule has 0 heterocycles. The van der Waals surface area contributed by atoms with Crippen LogP contribution in [0.15, 0.2) is 24.3 Å². The van der Waals surface area contributed by atoms with Crippen molar-refractivity contribution < 1.29 is 14.0 Å². The minimum absolute atomic E-state index is 0.0730. The van der Waals surface area contributed by atoms with Crippen LogP contribution in [0.4, 0.5) is 4.39 Å². The van der Waals surface area contributed by atoms with Crippen LogP contribution in [-0.4, -0.2) is 42.4 Å². The molecule has 25 heavy (non-hydrogen) atoms. The molecule has 0 aliphatic rings. The van der Waals surface area contributed by atoms with Gasteiger partial charge in [-0.05, 0) is 44.0 Å². The van der Waals surface area contributed by atoms with Crippen molar-refractivity contribution in [2.75, 3.05) is 19.6 Å². The van der Waals surface area contributed by atoms with Gasteiger partial charge in [-0.1, -0.05) is 32.9 Å². The van der Waals surface area contributed by atoms with Crippen LogP contribution in [0.3, 0.4) is 0 Å². The fourth-order valence-corrected chi connectivity index (χ4v) is 2.58. The number of amides is 2. The van der Waals surface area contributed by atoms with Gasteiger partial charge >= 0.3 is 0 Å². The first kappa shape index (κ1) is 21.1. The third-order valence-electron chi connectivity index (χ3n) is 3.84. The van der Waals surface area contributed by atoms with Crippen molar-refractivity contribution in [3.63, 3.8) is 0 Å². The number of nitrogens with one attached hydrogen (secondary N) is 2. The molecule has 0 spiro atoms. The molecule has 0 aromatic heterocycles. The predicted octanol–water partition coefficient (Wildman–Crippen LogP) is 2.49. The highest BCUT2D eigenvalue weighted by Crippen LogP contribution is 2.21. The van der Waals surface area contributed by atoms with Gasteiger partial charge in [-0.2, -0.15) is 0 Å². The van der Waals surface area contributed by atoms with Crippen molar-refractivity contribution in [2.45, 2.75) is 46.7 Å². The molecule has 0 radical (unpaired) electrons. The monoisotopic (exact) mass is 351 g/mol. The van der Waals surface area contributed by atoms with Crippen molar-refractivity contribution in [3.05, 3.63) is 35.6 Å². The van der Waals surface area contributed by atoms with E-state index in [-0.39, 0.29) is 48.7 Å². The Morgan fingerprint density at radius 2 is 1.52 bits per heavy atom. The molecule has 1 unspecified atom stereocenters. The number of hydrogen-bond donors (Lipinski definition) is 2. The van der Waals surface area contributed by atoms with Crippen molar-refractivity contribution in [1.82, 2.24) is 15.5 Å². The van der Waals surface area contributed by atoms with Gasteiger partial charge in [-0.3, -0.25) is 14.5 Å². The Balaban J connectivity index is 2.67. The third-order valence-corrected chi connectivity index (χ3v) is 3.84. The van der Waals surface area contributed by atoms with E-state index >= 15 is 0 Å². The molecule has 2 amide bonds. The number of hydrogen-bond acceptors (Lipinski definition) is 3. The van der Waals surface area contributed by atoms with Gasteiger partial charge < -0.3 is 10.6 Å². The lowest BCUT2D eigenvalue weighted by Gasteiger charge is -2.25. The molecule has 0 aliphatic heterocycles. The van der Waals surface area contributed by atoms with Gasteiger partial charge in [0.2, 0.25) is 11.8 Å². The van der Waals surface area contributed by atoms with E-state index in [1.807, 2.05) is 34.6 Å². The standard InChI is InChI=1S/C19H30FN3O2/c1-6-23(11-17(24)21-14(4)5)12-18(25)22-19(13(2)3)15-7-9-16(20)10-8-15/h7-10,13-14,19H,6,11-12H2,1-5H3,(H,21,24)(H,22,25). The molecule has 2 N–H and O–H groups in total. The van der Waals surface area contributed by atoms with Crippen LogP contribution < -0.4 is 10.6 Å². The summed E-state index contributed by atoms with van der Waals surface area (Å²) in [5.74, 6) is -0.384. The van der Waals surface area contributed by atoms with Crippen molar-refractivity contribution >= 4 is 11.8 Å². The number of likely N-dealkylation sites (N-methyl/N-ethyl adjacent to an activating group) is 1. The van der Waals surface area contributed by atoms with Gasteiger partial charge in [-0.15, -0.1) is 0 Å². The summed E-state index contributed by atoms with van der Waals surface area (Å²) < 4.78 is 13.1. The van der Waals surface area contributed by atoms with Crippen LogP contribution in [0.5, 0.6) is 0 Å². The Hall–Kier alpha value is -1.95. The quantitative estimate of drug-likeness (QED) is 0.718. The van der Waals surface area contributed by atoms with Crippen LogP contribution in [0.1, 0.15) is 46.2 Å².